The van der Waals surface area contributed by atoms with Crippen molar-refractivity contribution in [1.29, 1.82) is 0 Å². The highest BCUT2D eigenvalue weighted by molar-refractivity contribution is 6.39. The number of carbonyl (C=O) groups excluding carboxylic acids is 2. The lowest BCUT2D eigenvalue weighted by Crippen LogP contribution is -2.36. The molecule has 24 heavy (non-hydrogen) atoms. The minimum Gasteiger partial charge on any atom is -0.387 e. The maximum atomic E-state index is 13.4. The normalized spacial score (nSPS) is 11.8. The van der Waals surface area contributed by atoms with Gasteiger partial charge in [0, 0.05) is 31.5 Å². The minimum atomic E-state index is -1.08. The Bertz CT molecular complexity index is 746. The average Bonchev–Trinajstić information content (AvgIpc) is 2.96. The Morgan fingerprint density at radius 3 is 2.62 bits per heavy atom. The van der Waals surface area contributed by atoms with Crippen LogP contribution in [0.25, 0.3) is 0 Å². The summed E-state index contributed by atoms with van der Waals surface area (Å²) in [4.78, 5) is 23.3. The molecule has 1 atom stereocenters. The molecule has 0 aliphatic carbocycles. The van der Waals surface area contributed by atoms with Gasteiger partial charge in [0.25, 0.3) is 0 Å². The number of amides is 2. The minimum absolute atomic E-state index is 0.0600. The van der Waals surface area contributed by atoms with Gasteiger partial charge in [-0.3, -0.25) is 9.59 Å². The molecular formula is C16H17F2N3O3. The second-order valence-corrected chi connectivity index (χ2v) is 5.18. The van der Waals surface area contributed by atoms with Crippen LogP contribution in [-0.2, 0) is 16.6 Å². The highest BCUT2D eigenvalue weighted by atomic mass is 19.1. The highest BCUT2D eigenvalue weighted by Gasteiger charge is 2.17. The first-order chi connectivity index (χ1) is 11.4. The van der Waals surface area contributed by atoms with Crippen molar-refractivity contribution in [3.8, 4) is 0 Å². The number of rotatable bonds is 5. The van der Waals surface area contributed by atoms with E-state index in [1.165, 1.54) is 0 Å². The molecule has 6 nitrogen and oxygen atoms in total. The number of hydrogen-bond donors (Lipinski definition) is 3. The quantitative estimate of drug-likeness (QED) is 0.723. The van der Waals surface area contributed by atoms with E-state index in [0.29, 0.717) is 11.8 Å². The predicted octanol–water partition coefficient (Wildman–Crippen LogP) is 1.48. The van der Waals surface area contributed by atoms with Gasteiger partial charge in [0.1, 0.15) is 11.6 Å². The third kappa shape index (κ3) is 4.39. The summed E-state index contributed by atoms with van der Waals surface area (Å²) in [5.74, 6) is -3.81. The summed E-state index contributed by atoms with van der Waals surface area (Å²) >= 11 is 0. The van der Waals surface area contributed by atoms with Gasteiger partial charge in [-0.05, 0) is 30.7 Å². The fourth-order valence-corrected chi connectivity index (χ4v) is 2.14. The van der Waals surface area contributed by atoms with Crippen LogP contribution in [0.2, 0.25) is 0 Å². The molecule has 128 valence electrons. The number of nitrogens with zero attached hydrogens (tertiary/aromatic N) is 1. The molecular weight excluding hydrogens is 320 g/mol. The van der Waals surface area contributed by atoms with E-state index < -0.39 is 29.6 Å². The van der Waals surface area contributed by atoms with Crippen LogP contribution in [-0.4, -0.2) is 28.0 Å². The number of aliphatic hydroxyl groups is 1. The average molecular weight is 337 g/mol. The molecule has 2 amide bonds. The number of hydrogen-bond acceptors (Lipinski definition) is 3. The first-order valence-corrected chi connectivity index (χ1v) is 7.22. The zero-order chi connectivity index (χ0) is 17.7. The summed E-state index contributed by atoms with van der Waals surface area (Å²) in [6.45, 7) is 0.0600. The van der Waals surface area contributed by atoms with Gasteiger partial charge in [0.15, 0.2) is 0 Å². The second kappa shape index (κ2) is 7.69. The smallest absolute Gasteiger partial charge is 0.313 e. The molecule has 0 bridgehead atoms. The Kier molecular flexibility index (Phi) is 5.64. The largest absolute Gasteiger partial charge is 0.387 e. The summed E-state index contributed by atoms with van der Waals surface area (Å²) < 4.78 is 27.9. The van der Waals surface area contributed by atoms with Crippen LogP contribution in [0.5, 0.6) is 0 Å². The zero-order valence-corrected chi connectivity index (χ0v) is 12.9. The summed E-state index contributed by atoms with van der Waals surface area (Å²) in [5.41, 5.74) is 0.391. The number of anilines is 1. The van der Waals surface area contributed by atoms with Crippen LogP contribution in [0, 0.1) is 11.6 Å². The number of benzene rings is 1. The summed E-state index contributed by atoms with van der Waals surface area (Å²) in [6.07, 6.45) is 1.20. The maximum absolute atomic E-state index is 13.4. The van der Waals surface area contributed by atoms with E-state index in [-0.39, 0.29) is 18.7 Å². The van der Waals surface area contributed by atoms with Gasteiger partial charge in [0.2, 0.25) is 0 Å². The molecule has 0 aliphatic rings. The monoisotopic (exact) mass is 337 g/mol. The molecule has 0 saturated carbocycles. The van der Waals surface area contributed by atoms with Crippen molar-refractivity contribution in [2.45, 2.75) is 12.5 Å². The van der Waals surface area contributed by atoms with Crippen molar-refractivity contribution in [2.75, 3.05) is 11.9 Å². The van der Waals surface area contributed by atoms with Crippen molar-refractivity contribution < 1.29 is 23.5 Å². The first kappa shape index (κ1) is 17.6. The van der Waals surface area contributed by atoms with E-state index in [2.05, 4.69) is 10.6 Å². The van der Waals surface area contributed by atoms with Crippen LogP contribution >= 0.6 is 0 Å². The summed E-state index contributed by atoms with van der Waals surface area (Å²) in [6, 6.07) is 6.11. The molecule has 3 N–H and O–H groups in total. The fourth-order valence-electron chi connectivity index (χ4n) is 2.14. The highest BCUT2D eigenvalue weighted by Crippen LogP contribution is 2.16. The summed E-state index contributed by atoms with van der Waals surface area (Å²) in [5, 5.41) is 14.4. The Labute approximate surface area is 137 Å². The van der Waals surface area contributed by atoms with E-state index in [9.17, 15) is 23.5 Å². The van der Waals surface area contributed by atoms with Crippen molar-refractivity contribution in [3.05, 3.63) is 53.9 Å². The maximum Gasteiger partial charge on any atom is 0.313 e. The van der Waals surface area contributed by atoms with Crippen molar-refractivity contribution >= 4 is 17.5 Å². The fraction of sp³-hybridized carbons (Fsp3) is 0.250. The molecule has 1 aromatic carbocycles. The number of aromatic nitrogens is 1. The number of nitrogens with one attached hydrogen (secondary N) is 2. The van der Waals surface area contributed by atoms with Crippen molar-refractivity contribution in [2.24, 2.45) is 7.05 Å². The van der Waals surface area contributed by atoms with E-state index in [4.69, 9.17) is 0 Å². The van der Waals surface area contributed by atoms with Crippen molar-refractivity contribution in [3.63, 3.8) is 0 Å². The van der Waals surface area contributed by atoms with Crippen LogP contribution < -0.4 is 10.6 Å². The molecule has 1 heterocycles. The molecule has 0 aliphatic heterocycles. The van der Waals surface area contributed by atoms with Crippen LogP contribution in [0.1, 0.15) is 18.2 Å². The lowest BCUT2D eigenvalue weighted by Gasteiger charge is -2.12. The lowest BCUT2D eigenvalue weighted by molar-refractivity contribution is -0.136. The SMILES string of the molecule is Cn1cccc1[C@@H](O)CCNC(=O)C(=O)Nc1ccc(F)cc1F. The van der Waals surface area contributed by atoms with E-state index >= 15 is 0 Å². The van der Waals surface area contributed by atoms with Crippen LogP contribution in [0.3, 0.4) is 0 Å². The summed E-state index contributed by atoms with van der Waals surface area (Å²) in [7, 11) is 1.78. The number of aliphatic hydroxyl groups excluding tert-OH is 1. The molecule has 1 aromatic heterocycles. The number of carbonyl (C=O) groups is 2. The van der Waals surface area contributed by atoms with Gasteiger partial charge in [-0.1, -0.05) is 0 Å². The predicted molar refractivity (Wildman–Crippen MR) is 83.0 cm³/mol. The molecule has 0 radical (unpaired) electrons. The molecule has 0 saturated heterocycles. The van der Waals surface area contributed by atoms with Gasteiger partial charge < -0.3 is 20.3 Å². The Balaban J connectivity index is 1.81. The Morgan fingerprint density at radius 2 is 2.00 bits per heavy atom. The number of halogens is 2. The second-order valence-electron chi connectivity index (χ2n) is 5.18. The van der Waals surface area contributed by atoms with Crippen LogP contribution in [0.15, 0.2) is 36.5 Å². The topological polar surface area (TPSA) is 83.4 Å². The molecule has 2 aromatic rings. The van der Waals surface area contributed by atoms with E-state index in [1.807, 2.05) is 0 Å². The molecule has 8 heteroatoms. The molecule has 0 fully saturated rings. The van der Waals surface area contributed by atoms with E-state index in [1.54, 1.807) is 29.9 Å². The van der Waals surface area contributed by atoms with E-state index in [0.717, 1.165) is 12.1 Å². The van der Waals surface area contributed by atoms with Gasteiger partial charge in [-0.25, -0.2) is 8.78 Å². The van der Waals surface area contributed by atoms with Gasteiger partial charge in [-0.15, -0.1) is 0 Å². The standard InChI is InChI=1S/C16H17F2N3O3/c1-21-8-2-3-13(21)14(22)6-7-19-15(23)16(24)20-12-5-4-10(17)9-11(12)18/h2-5,8-9,14,22H,6-7H2,1H3,(H,19,23)(H,20,24)/t14-/m0/s1. The zero-order valence-electron chi connectivity index (χ0n) is 12.9. The van der Waals surface area contributed by atoms with Gasteiger partial charge in [-0.2, -0.15) is 0 Å². The Hall–Kier alpha value is -2.74. The molecule has 0 spiro atoms. The van der Waals surface area contributed by atoms with Crippen LogP contribution in [0.4, 0.5) is 14.5 Å². The van der Waals surface area contributed by atoms with Gasteiger partial charge >= 0.3 is 11.8 Å². The third-order valence-electron chi connectivity index (χ3n) is 3.41. The Morgan fingerprint density at radius 1 is 1.25 bits per heavy atom. The number of aryl methyl sites for hydroxylation is 1. The first-order valence-electron chi connectivity index (χ1n) is 7.22. The molecule has 0 unspecified atom stereocenters. The lowest BCUT2D eigenvalue weighted by atomic mass is 10.2. The third-order valence-corrected chi connectivity index (χ3v) is 3.41. The molecule has 2 rings (SSSR count). The van der Waals surface area contributed by atoms with Crippen molar-refractivity contribution in [1.82, 2.24) is 9.88 Å². The van der Waals surface area contributed by atoms with Gasteiger partial charge in [0.05, 0.1) is 11.8 Å².